The molecule has 0 unspecified atom stereocenters. The second-order valence-corrected chi connectivity index (χ2v) is 4.37. The van der Waals surface area contributed by atoms with Crippen LogP contribution in [0.4, 0.5) is 10.1 Å². The number of methoxy groups -OCH3 is 1. The van der Waals surface area contributed by atoms with E-state index in [1.807, 2.05) is 0 Å². The van der Waals surface area contributed by atoms with Crippen LogP contribution in [0.5, 0.6) is 11.5 Å². The van der Waals surface area contributed by atoms with Gasteiger partial charge in [0.1, 0.15) is 17.3 Å². The van der Waals surface area contributed by atoms with Crippen LogP contribution in [0.25, 0.3) is 0 Å². The van der Waals surface area contributed by atoms with E-state index in [4.69, 9.17) is 16.3 Å². The summed E-state index contributed by atoms with van der Waals surface area (Å²) in [5.74, 6) is -1.17. The lowest BCUT2D eigenvalue weighted by molar-refractivity contribution is 0.102. The molecule has 0 aliphatic carbocycles. The molecule has 0 saturated carbocycles. The lowest BCUT2D eigenvalue weighted by atomic mass is 10.2. The number of rotatable bonds is 3. The summed E-state index contributed by atoms with van der Waals surface area (Å²) in [5.41, 5.74) is 0.187. The van der Waals surface area contributed by atoms with Crippen LogP contribution in [-0.4, -0.2) is 18.1 Å². The fourth-order valence-corrected chi connectivity index (χ4v) is 1.71. The fraction of sp³-hybridized carbons (Fsp3) is 0.0714. The number of carbonyl (C=O) groups excluding carboxylic acids is 1. The third-order valence-corrected chi connectivity index (χ3v) is 2.94. The molecule has 0 spiro atoms. The van der Waals surface area contributed by atoms with E-state index >= 15 is 0 Å². The Labute approximate surface area is 119 Å². The molecule has 2 aromatic carbocycles. The quantitative estimate of drug-likeness (QED) is 0.912. The molecule has 104 valence electrons. The predicted octanol–water partition coefficient (Wildman–Crippen LogP) is 3.45. The molecule has 2 rings (SSSR count). The van der Waals surface area contributed by atoms with Crippen molar-refractivity contribution in [2.45, 2.75) is 0 Å². The molecule has 0 aliphatic heterocycles. The standard InChI is InChI=1S/C14H11ClFNO3/c1-20-9-3-4-10(12(16)7-9)14(19)17-8-2-5-11(15)13(18)6-8/h2-7,18H,1H3,(H,17,19). The number of halogens is 2. The average molecular weight is 296 g/mol. The third kappa shape index (κ3) is 3.00. The highest BCUT2D eigenvalue weighted by molar-refractivity contribution is 6.32. The minimum Gasteiger partial charge on any atom is -0.506 e. The highest BCUT2D eigenvalue weighted by Gasteiger charge is 2.13. The van der Waals surface area contributed by atoms with Crippen LogP contribution >= 0.6 is 11.6 Å². The summed E-state index contributed by atoms with van der Waals surface area (Å²) in [6.07, 6.45) is 0. The van der Waals surface area contributed by atoms with Crippen LogP contribution < -0.4 is 10.1 Å². The van der Waals surface area contributed by atoms with E-state index in [0.29, 0.717) is 11.4 Å². The number of ether oxygens (including phenoxy) is 1. The molecule has 0 aromatic heterocycles. The largest absolute Gasteiger partial charge is 0.506 e. The number of phenolic OH excluding ortho intramolecular Hbond substituents is 1. The van der Waals surface area contributed by atoms with Gasteiger partial charge in [-0.2, -0.15) is 0 Å². The first-order valence-corrected chi connectivity index (χ1v) is 6.02. The molecule has 0 aliphatic rings. The van der Waals surface area contributed by atoms with Crippen LogP contribution in [0.3, 0.4) is 0 Å². The molecule has 0 saturated heterocycles. The Morgan fingerprint density at radius 1 is 1.30 bits per heavy atom. The summed E-state index contributed by atoms with van der Waals surface area (Å²) in [4.78, 5) is 11.9. The Bertz CT molecular complexity index is 661. The van der Waals surface area contributed by atoms with Crippen molar-refractivity contribution in [3.63, 3.8) is 0 Å². The lowest BCUT2D eigenvalue weighted by Crippen LogP contribution is -2.13. The number of benzene rings is 2. The fourth-order valence-electron chi connectivity index (χ4n) is 1.60. The van der Waals surface area contributed by atoms with E-state index in [9.17, 15) is 14.3 Å². The number of carbonyl (C=O) groups is 1. The first-order chi connectivity index (χ1) is 9.51. The van der Waals surface area contributed by atoms with Crippen molar-refractivity contribution >= 4 is 23.2 Å². The Morgan fingerprint density at radius 2 is 2.05 bits per heavy atom. The predicted molar refractivity (Wildman–Crippen MR) is 74.0 cm³/mol. The maximum atomic E-state index is 13.7. The van der Waals surface area contributed by atoms with Gasteiger partial charge in [0.2, 0.25) is 0 Å². The van der Waals surface area contributed by atoms with Gasteiger partial charge in [-0.15, -0.1) is 0 Å². The molecule has 0 atom stereocenters. The van der Waals surface area contributed by atoms with Gasteiger partial charge in [-0.05, 0) is 24.3 Å². The molecule has 4 nitrogen and oxygen atoms in total. The minimum absolute atomic E-state index is 0.125. The van der Waals surface area contributed by atoms with Crippen molar-refractivity contribution in [2.75, 3.05) is 12.4 Å². The van der Waals surface area contributed by atoms with Gasteiger partial charge in [-0.25, -0.2) is 4.39 Å². The van der Waals surface area contributed by atoms with Crippen molar-refractivity contribution in [1.82, 2.24) is 0 Å². The molecular formula is C14H11ClFNO3. The van der Waals surface area contributed by atoms with E-state index in [2.05, 4.69) is 5.32 Å². The molecule has 6 heteroatoms. The zero-order valence-corrected chi connectivity index (χ0v) is 11.2. The summed E-state index contributed by atoms with van der Waals surface area (Å²) >= 11 is 5.66. The van der Waals surface area contributed by atoms with E-state index in [1.165, 1.54) is 37.4 Å². The van der Waals surface area contributed by atoms with Crippen molar-refractivity contribution < 1.29 is 19.0 Å². The summed E-state index contributed by atoms with van der Waals surface area (Å²) in [6.45, 7) is 0. The maximum absolute atomic E-state index is 13.7. The number of phenols is 1. The maximum Gasteiger partial charge on any atom is 0.258 e. The van der Waals surface area contributed by atoms with Crippen molar-refractivity contribution in [3.8, 4) is 11.5 Å². The van der Waals surface area contributed by atoms with Gasteiger partial charge in [-0.3, -0.25) is 4.79 Å². The Hall–Kier alpha value is -2.27. The zero-order valence-electron chi connectivity index (χ0n) is 10.5. The van der Waals surface area contributed by atoms with E-state index in [-0.39, 0.29) is 16.3 Å². The molecule has 2 aromatic rings. The first kappa shape index (κ1) is 14.1. The van der Waals surface area contributed by atoms with E-state index in [0.717, 1.165) is 6.07 Å². The second kappa shape index (κ2) is 5.79. The van der Waals surface area contributed by atoms with Gasteiger partial charge < -0.3 is 15.2 Å². The van der Waals surface area contributed by atoms with Crippen molar-refractivity contribution in [1.29, 1.82) is 0 Å². The van der Waals surface area contributed by atoms with Crippen LogP contribution in [0, 0.1) is 5.82 Å². The summed E-state index contributed by atoms with van der Waals surface area (Å²) in [7, 11) is 1.41. The zero-order chi connectivity index (χ0) is 14.7. The average Bonchev–Trinajstić information content (AvgIpc) is 2.42. The number of anilines is 1. The molecule has 20 heavy (non-hydrogen) atoms. The first-order valence-electron chi connectivity index (χ1n) is 5.64. The Balaban J connectivity index is 2.21. The minimum atomic E-state index is -0.694. The Kier molecular flexibility index (Phi) is 4.10. The number of amides is 1. The van der Waals surface area contributed by atoms with Gasteiger partial charge in [0, 0.05) is 17.8 Å². The van der Waals surface area contributed by atoms with Gasteiger partial charge in [0.05, 0.1) is 17.7 Å². The number of hydrogen-bond donors (Lipinski definition) is 2. The van der Waals surface area contributed by atoms with Crippen LogP contribution in [0.15, 0.2) is 36.4 Å². The lowest BCUT2D eigenvalue weighted by Gasteiger charge is -2.08. The van der Waals surface area contributed by atoms with E-state index in [1.54, 1.807) is 0 Å². The number of aromatic hydroxyl groups is 1. The highest BCUT2D eigenvalue weighted by Crippen LogP contribution is 2.26. The normalized spacial score (nSPS) is 10.2. The van der Waals surface area contributed by atoms with Gasteiger partial charge in [-0.1, -0.05) is 11.6 Å². The topological polar surface area (TPSA) is 58.6 Å². The van der Waals surface area contributed by atoms with Gasteiger partial charge in [0.15, 0.2) is 0 Å². The smallest absolute Gasteiger partial charge is 0.258 e. The van der Waals surface area contributed by atoms with Crippen molar-refractivity contribution in [2.24, 2.45) is 0 Å². The monoisotopic (exact) mass is 295 g/mol. The molecule has 2 N–H and O–H groups in total. The molecular weight excluding hydrogens is 285 g/mol. The molecule has 1 amide bonds. The Morgan fingerprint density at radius 3 is 2.65 bits per heavy atom. The SMILES string of the molecule is COc1ccc(C(=O)Nc2ccc(Cl)c(O)c2)c(F)c1. The molecule has 0 heterocycles. The van der Waals surface area contributed by atoms with Crippen molar-refractivity contribution in [3.05, 3.63) is 52.8 Å². The van der Waals surface area contributed by atoms with Gasteiger partial charge >= 0.3 is 0 Å². The second-order valence-electron chi connectivity index (χ2n) is 3.97. The number of hydrogen-bond acceptors (Lipinski definition) is 3. The summed E-state index contributed by atoms with van der Waals surface area (Å²) < 4.78 is 18.6. The van der Waals surface area contributed by atoms with Crippen LogP contribution in [0.2, 0.25) is 5.02 Å². The third-order valence-electron chi connectivity index (χ3n) is 2.62. The molecule has 0 radical (unpaired) electrons. The molecule has 0 bridgehead atoms. The molecule has 0 fully saturated rings. The highest BCUT2D eigenvalue weighted by atomic mass is 35.5. The summed E-state index contributed by atoms with van der Waals surface area (Å²) in [6, 6.07) is 8.13. The van der Waals surface area contributed by atoms with Gasteiger partial charge in [0.25, 0.3) is 5.91 Å². The summed E-state index contributed by atoms with van der Waals surface area (Å²) in [5, 5.41) is 12.1. The number of nitrogens with one attached hydrogen (secondary N) is 1. The van der Waals surface area contributed by atoms with E-state index < -0.39 is 11.7 Å². The van der Waals surface area contributed by atoms with Crippen LogP contribution in [-0.2, 0) is 0 Å². The van der Waals surface area contributed by atoms with Crippen LogP contribution in [0.1, 0.15) is 10.4 Å².